The number of aromatic nitrogens is 1. The summed E-state index contributed by atoms with van der Waals surface area (Å²) in [5, 5.41) is 3.77. The average Bonchev–Trinajstić information content (AvgIpc) is 3.13. The minimum atomic E-state index is -0.578. The van der Waals surface area contributed by atoms with Gasteiger partial charge in [0.1, 0.15) is 11.5 Å². The molecule has 2 heterocycles. The molecular weight excluding hydrogens is 358 g/mol. The second-order valence-electron chi connectivity index (χ2n) is 7.42. The summed E-state index contributed by atoms with van der Waals surface area (Å²) in [5.41, 5.74) is 1.54. The SMILES string of the molecule is Cc1cc(C(=O)N2CCN(C(=O)C(C)Oc3ccc(C(C)C)cc3)CC2)no1. The van der Waals surface area contributed by atoms with E-state index in [1.165, 1.54) is 5.56 Å². The first-order chi connectivity index (χ1) is 13.3. The Labute approximate surface area is 165 Å². The van der Waals surface area contributed by atoms with Gasteiger partial charge in [0.2, 0.25) is 0 Å². The highest BCUT2D eigenvalue weighted by atomic mass is 16.5. The number of hydrogen-bond donors (Lipinski definition) is 0. The number of carbonyl (C=O) groups is 2. The lowest BCUT2D eigenvalue weighted by Crippen LogP contribution is -2.53. The molecule has 7 heteroatoms. The first kappa shape index (κ1) is 19.9. The molecule has 150 valence electrons. The third-order valence-corrected chi connectivity index (χ3v) is 4.93. The summed E-state index contributed by atoms with van der Waals surface area (Å²) in [4.78, 5) is 28.5. The van der Waals surface area contributed by atoms with Crippen LogP contribution in [0.5, 0.6) is 5.75 Å². The van der Waals surface area contributed by atoms with Gasteiger partial charge in [0.15, 0.2) is 11.8 Å². The lowest BCUT2D eigenvalue weighted by molar-refractivity contribution is -0.139. The molecule has 1 unspecified atom stereocenters. The molecular formula is C21H27N3O4. The molecule has 2 amide bonds. The molecule has 1 aromatic heterocycles. The molecule has 0 aliphatic carbocycles. The number of nitrogens with zero attached hydrogens (tertiary/aromatic N) is 3. The molecule has 1 saturated heterocycles. The van der Waals surface area contributed by atoms with Crippen molar-refractivity contribution < 1.29 is 18.8 Å². The van der Waals surface area contributed by atoms with Gasteiger partial charge in [-0.3, -0.25) is 9.59 Å². The van der Waals surface area contributed by atoms with E-state index in [2.05, 4.69) is 19.0 Å². The molecule has 1 aromatic carbocycles. The van der Waals surface area contributed by atoms with Gasteiger partial charge in [0, 0.05) is 32.2 Å². The quantitative estimate of drug-likeness (QED) is 0.791. The largest absolute Gasteiger partial charge is 0.481 e. The predicted octanol–water partition coefficient (Wildman–Crippen LogP) is 2.86. The first-order valence-electron chi connectivity index (χ1n) is 9.63. The molecule has 0 bridgehead atoms. The van der Waals surface area contributed by atoms with Gasteiger partial charge in [-0.1, -0.05) is 31.1 Å². The van der Waals surface area contributed by atoms with Crippen LogP contribution in [-0.4, -0.2) is 59.1 Å². The molecule has 1 aliphatic heterocycles. The number of hydrogen-bond acceptors (Lipinski definition) is 5. The Morgan fingerprint density at radius 3 is 2.18 bits per heavy atom. The van der Waals surface area contributed by atoms with Crippen molar-refractivity contribution in [2.75, 3.05) is 26.2 Å². The number of ether oxygens (including phenoxy) is 1. The van der Waals surface area contributed by atoms with Gasteiger partial charge in [-0.15, -0.1) is 0 Å². The van der Waals surface area contributed by atoms with Gasteiger partial charge in [-0.2, -0.15) is 0 Å². The Morgan fingerprint density at radius 1 is 1.04 bits per heavy atom. The standard InChI is InChI=1S/C21H27N3O4/c1-14(2)17-5-7-18(8-6-17)27-16(4)20(25)23-9-11-24(12-10-23)21(26)19-13-15(3)28-22-19/h5-8,13-14,16H,9-12H2,1-4H3. The number of amides is 2. The normalized spacial score (nSPS) is 15.6. The second-order valence-corrected chi connectivity index (χ2v) is 7.42. The Kier molecular flexibility index (Phi) is 6.02. The van der Waals surface area contributed by atoms with E-state index >= 15 is 0 Å². The van der Waals surface area contributed by atoms with Crippen LogP contribution >= 0.6 is 0 Å². The molecule has 1 atom stereocenters. The Hall–Kier alpha value is -2.83. The zero-order chi connectivity index (χ0) is 20.3. The molecule has 2 aromatic rings. The fourth-order valence-electron chi connectivity index (χ4n) is 3.20. The van der Waals surface area contributed by atoms with E-state index in [1.54, 1.807) is 29.7 Å². The second kappa shape index (κ2) is 8.46. The Morgan fingerprint density at radius 2 is 1.64 bits per heavy atom. The van der Waals surface area contributed by atoms with Gasteiger partial charge in [0.25, 0.3) is 11.8 Å². The first-order valence-corrected chi connectivity index (χ1v) is 9.63. The maximum atomic E-state index is 12.7. The van der Waals surface area contributed by atoms with E-state index < -0.39 is 6.10 Å². The molecule has 0 N–H and O–H groups in total. The van der Waals surface area contributed by atoms with Crippen molar-refractivity contribution in [3.05, 3.63) is 47.3 Å². The van der Waals surface area contributed by atoms with Gasteiger partial charge in [-0.25, -0.2) is 0 Å². The van der Waals surface area contributed by atoms with Crippen LogP contribution in [0.3, 0.4) is 0 Å². The smallest absolute Gasteiger partial charge is 0.276 e. The summed E-state index contributed by atoms with van der Waals surface area (Å²) in [7, 11) is 0. The highest BCUT2D eigenvalue weighted by Crippen LogP contribution is 2.20. The Bertz CT molecular complexity index is 820. The third-order valence-electron chi connectivity index (χ3n) is 4.93. The highest BCUT2D eigenvalue weighted by Gasteiger charge is 2.29. The molecule has 1 fully saturated rings. The third kappa shape index (κ3) is 4.52. The number of aryl methyl sites for hydroxylation is 1. The highest BCUT2D eigenvalue weighted by molar-refractivity contribution is 5.92. The number of piperazine rings is 1. The molecule has 3 rings (SSSR count). The summed E-state index contributed by atoms with van der Waals surface area (Å²) in [6.07, 6.45) is -0.578. The van der Waals surface area contributed by atoms with Gasteiger partial charge >= 0.3 is 0 Å². The summed E-state index contributed by atoms with van der Waals surface area (Å²) >= 11 is 0. The topological polar surface area (TPSA) is 75.9 Å². The van der Waals surface area contributed by atoms with E-state index in [0.29, 0.717) is 49.3 Å². The minimum absolute atomic E-state index is 0.0719. The van der Waals surface area contributed by atoms with Gasteiger partial charge in [0.05, 0.1) is 0 Å². The van der Waals surface area contributed by atoms with Crippen LogP contribution in [0, 0.1) is 6.92 Å². The maximum Gasteiger partial charge on any atom is 0.276 e. The fraction of sp³-hybridized carbons (Fsp3) is 0.476. The molecule has 0 radical (unpaired) electrons. The summed E-state index contributed by atoms with van der Waals surface area (Å²) < 4.78 is 10.8. The van der Waals surface area contributed by atoms with Crippen LogP contribution in [0.15, 0.2) is 34.9 Å². The van der Waals surface area contributed by atoms with E-state index in [9.17, 15) is 9.59 Å². The van der Waals surface area contributed by atoms with Crippen LogP contribution < -0.4 is 4.74 Å². The monoisotopic (exact) mass is 385 g/mol. The van der Waals surface area contributed by atoms with E-state index in [0.717, 1.165) is 0 Å². The van der Waals surface area contributed by atoms with Crippen LogP contribution in [0.4, 0.5) is 0 Å². The lowest BCUT2D eigenvalue weighted by atomic mass is 10.0. The molecule has 7 nitrogen and oxygen atoms in total. The van der Waals surface area contributed by atoms with Crippen molar-refractivity contribution >= 4 is 11.8 Å². The van der Waals surface area contributed by atoms with Crippen LogP contribution in [0.2, 0.25) is 0 Å². The van der Waals surface area contributed by atoms with Crippen molar-refractivity contribution in [3.8, 4) is 5.75 Å². The van der Waals surface area contributed by atoms with E-state index in [-0.39, 0.29) is 11.8 Å². The van der Waals surface area contributed by atoms with Crippen molar-refractivity contribution in [2.24, 2.45) is 0 Å². The average molecular weight is 385 g/mol. The number of carbonyl (C=O) groups excluding carboxylic acids is 2. The van der Waals surface area contributed by atoms with Crippen LogP contribution in [0.1, 0.15) is 48.5 Å². The minimum Gasteiger partial charge on any atom is -0.481 e. The molecule has 0 spiro atoms. The predicted molar refractivity (Wildman–Crippen MR) is 104 cm³/mol. The lowest BCUT2D eigenvalue weighted by Gasteiger charge is -2.35. The van der Waals surface area contributed by atoms with Gasteiger partial charge in [-0.05, 0) is 37.5 Å². The van der Waals surface area contributed by atoms with Crippen molar-refractivity contribution in [1.82, 2.24) is 15.0 Å². The van der Waals surface area contributed by atoms with E-state index in [4.69, 9.17) is 9.26 Å². The molecule has 28 heavy (non-hydrogen) atoms. The Balaban J connectivity index is 1.52. The van der Waals surface area contributed by atoms with Crippen molar-refractivity contribution in [1.29, 1.82) is 0 Å². The zero-order valence-electron chi connectivity index (χ0n) is 16.8. The fourth-order valence-corrected chi connectivity index (χ4v) is 3.20. The van der Waals surface area contributed by atoms with E-state index in [1.807, 2.05) is 24.3 Å². The van der Waals surface area contributed by atoms with Gasteiger partial charge < -0.3 is 19.1 Å². The summed E-state index contributed by atoms with van der Waals surface area (Å²) in [5.74, 6) is 1.49. The van der Waals surface area contributed by atoms with Crippen molar-refractivity contribution in [2.45, 2.75) is 39.7 Å². The molecule has 1 aliphatic rings. The number of rotatable bonds is 5. The van der Waals surface area contributed by atoms with Crippen LogP contribution in [-0.2, 0) is 4.79 Å². The number of benzene rings is 1. The maximum absolute atomic E-state index is 12.7. The zero-order valence-corrected chi connectivity index (χ0v) is 16.8. The summed E-state index contributed by atoms with van der Waals surface area (Å²) in [6, 6.07) is 9.46. The van der Waals surface area contributed by atoms with Crippen LogP contribution in [0.25, 0.3) is 0 Å². The summed E-state index contributed by atoms with van der Waals surface area (Å²) in [6.45, 7) is 9.65. The van der Waals surface area contributed by atoms with Crippen molar-refractivity contribution in [3.63, 3.8) is 0 Å². The molecule has 0 saturated carbocycles.